The zero-order valence-electron chi connectivity index (χ0n) is 11.3. The molecule has 2 N–H and O–H groups in total. The molecule has 4 nitrogen and oxygen atoms in total. The van der Waals surface area contributed by atoms with Crippen LogP contribution in [0.4, 0.5) is 0 Å². The number of carboxylic acids is 1. The van der Waals surface area contributed by atoms with Crippen molar-refractivity contribution in [2.24, 2.45) is 0 Å². The van der Waals surface area contributed by atoms with E-state index in [0.717, 1.165) is 5.56 Å². The molecule has 0 fully saturated rings. The van der Waals surface area contributed by atoms with Gasteiger partial charge in [0.25, 0.3) is 5.91 Å². The van der Waals surface area contributed by atoms with E-state index >= 15 is 0 Å². The van der Waals surface area contributed by atoms with Crippen LogP contribution in [-0.4, -0.2) is 23.5 Å². The first-order valence-electron chi connectivity index (χ1n) is 6.50. The van der Waals surface area contributed by atoms with E-state index in [4.69, 9.17) is 5.11 Å². The number of rotatable bonds is 5. The lowest BCUT2D eigenvalue weighted by Crippen LogP contribution is -2.23. The highest BCUT2D eigenvalue weighted by Gasteiger charge is 2.06. The Kier molecular flexibility index (Phi) is 4.88. The van der Waals surface area contributed by atoms with Crippen LogP contribution >= 0.6 is 0 Å². The largest absolute Gasteiger partial charge is 0.478 e. The number of amides is 1. The van der Waals surface area contributed by atoms with E-state index in [-0.39, 0.29) is 11.5 Å². The number of carbonyl (C=O) groups excluding carboxylic acids is 1. The van der Waals surface area contributed by atoms with Gasteiger partial charge >= 0.3 is 5.97 Å². The lowest BCUT2D eigenvalue weighted by atomic mass is 10.1. The topological polar surface area (TPSA) is 66.4 Å². The van der Waals surface area contributed by atoms with Crippen molar-refractivity contribution in [1.82, 2.24) is 5.32 Å². The summed E-state index contributed by atoms with van der Waals surface area (Å²) < 4.78 is 0. The normalized spacial score (nSPS) is 10.5. The lowest BCUT2D eigenvalue weighted by Gasteiger charge is -2.02. The van der Waals surface area contributed by atoms with Crippen molar-refractivity contribution >= 4 is 18.0 Å². The Hall–Kier alpha value is -2.88. The SMILES string of the molecule is O=C(O)c1ccc(C(=O)NC/C=C\c2ccccc2)cc1. The molecule has 0 bridgehead atoms. The van der Waals surface area contributed by atoms with Gasteiger partial charge in [-0.3, -0.25) is 4.79 Å². The minimum absolute atomic E-state index is 0.163. The van der Waals surface area contributed by atoms with Gasteiger partial charge in [-0.15, -0.1) is 0 Å². The van der Waals surface area contributed by atoms with Crippen molar-refractivity contribution in [3.05, 3.63) is 77.4 Å². The van der Waals surface area contributed by atoms with Crippen LogP contribution in [0.2, 0.25) is 0 Å². The molecule has 21 heavy (non-hydrogen) atoms. The van der Waals surface area contributed by atoms with Crippen molar-refractivity contribution in [3.8, 4) is 0 Å². The number of carbonyl (C=O) groups is 2. The van der Waals surface area contributed by atoms with E-state index in [1.807, 2.05) is 42.5 Å². The quantitative estimate of drug-likeness (QED) is 0.885. The highest BCUT2D eigenvalue weighted by molar-refractivity contribution is 5.95. The maximum absolute atomic E-state index is 11.8. The van der Waals surface area contributed by atoms with Crippen molar-refractivity contribution in [2.75, 3.05) is 6.54 Å². The predicted molar refractivity (Wildman–Crippen MR) is 81.2 cm³/mol. The van der Waals surface area contributed by atoms with E-state index in [1.165, 1.54) is 24.3 Å². The molecule has 0 aromatic heterocycles. The third-order valence-electron chi connectivity index (χ3n) is 2.88. The Morgan fingerprint density at radius 3 is 2.19 bits per heavy atom. The Bertz CT molecular complexity index is 645. The van der Waals surface area contributed by atoms with Crippen LogP contribution in [0, 0.1) is 0 Å². The summed E-state index contributed by atoms with van der Waals surface area (Å²) in [4.78, 5) is 22.6. The Balaban J connectivity index is 1.87. The summed E-state index contributed by atoms with van der Waals surface area (Å²) in [5.74, 6) is -1.24. The molecule has 0 aliphatic heterocycles. The molecular weight excluding hydrogens is 266 g/mol. The summed E-state index contributed by atoms with van der Waals surface area (Å²) in [5, 5.41) is 11.5. The Morgan fingerprint density at radius 1 is 0.952 bits per heavy atom. The molecule has 2 aromatic carbocycles. The molecule has 2 rings (SSSR count). The number of hydrogen-bond acceptors (Lipinski definition) is 2. The fraction of sp³-hybridized carbons (Fsp3) is 0.0588. The van der Waals surface area contributed by atoms with Crippen LogP contribution in [0.1, 0.15) is 26.3 Å². The first kappa shape index (κ1) is 14.5. The molecule has 0 atom stereocenters. The van der Waals surface area contributed by atoms with Crippen molar-refractivity contribution in [1.29, 1.82) is 0 Å². The molecule has 0 spiro atoms. The van der Waals surface area contributed by atoms with Gasteiger partial charge in [-0.05, 0) is 29.8 Å². The molecule has 0 heterocycles. The van der Waals surface area contributed by atoms with E-state index in [0.29, 0.717) is 12.1 Å². The average molecular weight is 281 g/mol. The molecular formula is C17H15NO3. The molecule has 0 aliphatic rings. The van der Waals surface area contributed by atoms with E-state index < -0.39 is 5.97 Å². The fourth-order valence-electron chi connectivity index (χ4n) is 1.78. The maximum Gasteiger partial charge on any atom is 0.335 e. The summed E-state index contributed by atoms with van der Waals surface area (Å²) in [6.45, 7) is 0.411. The van der Waals surface area contributed by atoms with Gasteiger partial charge in [0.1, 0.15) is 0 Å². The molecule has 106 valence electrons. The van der Waals surface area contributed by atoms with E-state index in [1.54, 1.807) is 0 Å². The van der Waals surface area contributed by atoms with Gasteiger partial charge in [0, 0.05) is 12.1 Å². The van der Waals surface area contributed by atoms with Gasteiger partial charge < -0.3 is 10.4 Å². The third-order valence-corrected chi connectivity index (χ3v) is 2.88. The average Bonchev–Trinajstić information content (AvgIpc) is 2.52. The van der Waals surface area contributed by atoms with Crippen LogP contribution in [-0.2, 0) is 0 Å². The zero-order valence-corrected chi connectivity index (χ0v) is 11.3. The highest BCUT2D eigenvalue weighted by atomic mass is 16.4. The van der Waals surface area contributed by atoms with E-state index in [9.17, 15) is 9.59 Å². The number of benzene rings is 2. The summed E-state index contributed by atoms with van der Waals surface area (Å²) in [6, 6.07) is 15.6. The van der Waals surface area contributed by atoms with Gasteiger partial charge in [-0.25, -0.2) is 4.79 Å². The van der Waals surface area contributed by atoms with Crippen LogP contribution in [0.3, 0.4) is 0 Å². The van der Waals surface area contributed by atoms with Crippen LogP contribution in [0.15, 0.2) is 60.7 Å². The first-order chi connectivity index (χ1) is 10.2. The summed E-state index contributed by atoms with van der Waals surface area (Å²) >= 11 is 0. The van der Waals surface area contributed by atoms with Crippen LogP contribution in [0.5, 0.6) is 0 Å². The molecule has 0 radical (unpaired) electrons. The number of hydrogen-bond donors (Lipinski definition) is 2. The minimum atomic E-state index is -1.01. The smallest absolute Gasteiger partial charge is 0.335 e. The van der Waals surface area contributed by atoms with Gasteiger partial charge in [0.2, 0.25) is 0 Å². The van der Waals surface area contributed by atoms with Gasteiger partial charge in [-0.2, -0.15) is 0 Å². The predicted octanol–water partition coefficient (Wildman–Crippen LogP) is 2.83. The molecule has 2 aromatic rings. The Morgan fingerprint density at radius 2 is 1.57 bits per heavy atom. The summed E-state index contributed by atoms with van der Waals surface area (Å²) in [7, 11) is 0. The second kappa shape index (κ2) is 7.05. The van der Waals surface area contributed by atoms with Crippen molar-refractivity contribution in [3.63, 3.8) is 0 Å². The van der Waals surface area contributed by atoms with Crippen molar-refractivity contribution < 1.29 is 14.7 Å². The van der Waals surface area contributed by atoms with Gasteiger partial charge in [-0.1, -0.05) is 42.5 Å². The molecule has 0 saturated carbocycles. The molecule has 0 unspecified atom stereocenters. The maximum atomic E-state index is 11.8. The van der Waals surface area contributed by atoms with Crippen molar-refractivity contribution in [2.45, 2.75) is 0 Å². The molecule has 0 aliphatic carbocycles. The Labute approximate surface area is 122 Å². The summed E-state index contributed by atoms with van der Waals surface area (Å²) in [5.41, 5.74) is 1.67. The summed E-state index contributed by atoms with van der Waals surface area (Å²) in [6.07, 6.45) is 3.78. The number of carboxylic acid groups (broad SMARTS) is 1. The number of nitrogens with one attached hydrogen (secondary N) is 1. The number of aromatic carboxylic acids is 1. The third kappa shape index (κ3) is 4.31. The van der Waals surface area contributed by atoms with Gasteiger partial charge in [0.15, 0.2) is 0 Å². The first-order valence-corrected chi connectivity index (χ1v) is 6.50. The van der Waals surface area contributed by atoms with Gasteiger partial charge in [0.05, 0.1) is 5.56 Å². The lowest BCUT2D eigenvalue weighted by molar-refractivity contribution is 0.0696. The minimum Gasteiger partial charge on any atom is -0.478 e. The second-order valence-electron chi connectivity index (χ2n) is 4.41. The van der Waals surface area contributed by atoms with Crippen LogP contribution in [0.25, 0.3) is 6.08 Å². The highest BCUT2D eigenvalue weighted by Crippen LogP contribution is 2.04. The molecule has 0 saturated heterocycles. The van der Waals surface area contributed by atoms with Crippen LogP contribution < -0.4 is 5.32 Å². The zero-order chi connectivity index (χ0) is 15.1. The second-order valence-corrected chi connectivity index (χ2v) is 4.41. The molecule has 1 amide bonds. The standard InChI is InChI=1S/C17H15NO3/c19-16(14-8-10-15(11-9-14)17(20)21)18-12-4-7-13-5-2-1-3-6-13/h1-11H,12H2,(H,18,19)(H,20,21)/b7-4-. The fourth-order valence-corrected chi connectivity index (χ4v) is 1.78. The monoisotopic (exact) mass is 281 g/mol. The van der Waals surface area contributed by atoms with E-state index in [2.05, 4.69) is 5.32 Å². The molecule has 4 heteroatoms.